The fraction of sp³-hybridized carbons (Fsp3) is 0.846. The highest BCUT2D eigenvalue weighted by Crippen LogP contribution is 2.30. The number of hydrogen-bond acceptors (Lipinski definition) is 3. The first kappa shape index (κ1) is 13.7. The van der Waals surface area contributed by atoms with Crippen LogP contribution in [-0.2, 0) is 9.59 Å². The lowest BCUT2D eigenvalue weighted by molar-refractivity contribution is -0.136. The van der Waals surface area contributed by atoms with E-state index in [1.807, 2.05) is 16.7 Å². The number of rotatable bonds is 1. The molecule has 0 radical (unpaired) electrons. The first-order valence-corrected chi connectivity index (χ1v) is 7.69. The minimum atomic E-state index is -0.293. The fourth-order valence-electron chi connectivity index (χ4n) is 2.58. The number of nitrogens with one attached hydrogen (secondary N) is 1. The normalized spacial score (nSPS) is 28.4. The molecule has 2 heterocycles. The first-order valence-electron chi connectivity index (χ1n) is 6.70. The van der Waals surface area contributed by atoms with Gasteiger partial charge in [-0.05, 0) is 26.7 Å². The van der Waals surface area contributed by atoms with Crippen molar-refractivity contribution in [3.8, 4) is 0 Å². The van der Waals surface area contributed by atoms with Gasteiger partial charge in [-0.2, -0.15) is 11.8 Å². The van der Waals surface area contributed by atoms with Gasteiger partial charge in [0.1, 0.15) is 6.04 Å². The topological polar surface area (TPSA) is 49.4 Å². The molecule has 0 aromatic rings. The SMILES string of the molecule is CC1(C)CN(C(=O)[C@@H]2CCCCC(=O)N2)CCS1. The first-order chi connectivity index (χ1) is 8.48. The van der Waals surface area contributed by atoms with Crippen molar-refractivity contribution in [3.05, 3.63) is 0 Å². The fourth-order valence-corrected chi connectivity index (χ4v) is 3.69. The Morgan fingerprint density at radius 1 is 1.44 bits per heavy atom. The van der Waals surface area contributed by atoms with Gasteiger partial charge in [-0.25, -0.2) is 0 Å². The van der Waals surface area contributed by atoms with Gasteiger partial charge >= 0.3 is 0 Å². The van der Waals surface area contributed by atoms with Gasteiger partial charge in [0.15, 0.2) is 0 Å². The van der Waals surface area contributed by atoms with Crippen molar-refractivity contribution >= 4 is 23.6 Å². The number of amides is 2. The summed E-state index contributed by atoms with van der Waals surface area (Å²) >= 11 is 1.91. The van der Waals surface area contributed by atoms with Gasteiger partial charge in [0.2, 0.25) is 11.8 Å². The quantitative estimate of drug-likeness (QED) is 0.783. The second-order valence-electron chi connectivity index (χ2n) is 5.73. The molecule has 0 aromatic heterocycles. The molecule has 0 spiro atoms. The second kappa shape index (κ2) is 5.51. The number of carbonyl (C=O) groups is 2. The van der Waals surface area contributed by atoms with Crippen molar-refractivity contribution in [2.75, 3.05) is 18.8 Å². The van der Waals surface area contributed by atoms with Crippen LogP contribution in [-0.4, -0.2) is 46.3 Å². The largest absolute Gasteiger partial charge is 0.344 e. The summed E-state index contributed by atoms with van der Waals surface area (Å²) in [7, 11) is 0. The summed E-state index contributed by atoms with van der Waals surface area (Å²) in [5.41, 5.74) is 0. The van der Waals surface area contributed by atoms with Crippen LogP contribution in [0.4, 0.5) is 0 Å². The molecule has 2 rings (SSSR count). The van der Waals surface area contributed by atoms with E-state index in [1.165, 1.54) is 0 Å². The molecule has 2 amide bonds. The van der Waals surface area contributed by atoms with Crippen LogP contribution >= 0.6 is 11.8 Å². The van der Waals surface area contributed by atoms with E-state index in [9.17, 15) is 9.59 Å². The molecular formula is C13H22N2O2S. The molecule has 2 fully saturated rings. The molecule has 2 aliphatic rings. The Morgan fingerprint density at radius 3 is 2.94 bits per heavy atom. The molecule has 4 nitrogen and oxygen atoms in total. The monoisotopic (exact) mass is 270 g/mol. The minimum Gasteiger partial charge on any atom is -0.344 e. The smallest absolute Gasteiger partial charge is 0.245 e. The zero-order valence-corrected chi connectivity index (χ0v) is 12.0. The molecule has 0 bridgehead atoms. The maximum absolute atomic E-state index is 12.4. The molecule has 0 aromatic carbocycles. The van der Waals surface area contributed by atoms with Gasteiger partial charge in [-0.1, -0.05) is 6.42 Å². The maximum Gasteiger partial charge on any atom is 0.245 e. The average molecular weight is 270 g/mol. The van der Waals surface area contributed by atoms with Crippen LogP contribution in [0.5, 0.6) is 0 Å². The third-order valence-electron chi connectivity index (χ3n) is 3.52. The summed E-state index contributed by atoms with van der Waals surface area (Å²) in [6.07, 6.45) is 3.21. The Bertz CT molecular complexity index is 344. The van der Waals surface area contributed by atoms with Gasteiger partial charge in [0.05, 0.1) is 0 Å². The summed E-state index contributed by atoms with van der Waals surface area (Å²) < 4.78 is 0.128. The number of nitrogens with zero attached hydrogens (tertiary/aromatic N) is 1. The lowest BCUT2D eigenvalue weighted by Gasteiger charge is -2.39. The molecule has 0 aliphatic carbocycles. The van der Waals surface area contributed by atoms with E-state index < -0.39 is 0 Å². The highest BCUT2D eigenvalue weighted by Gasteiger charge is 2.33. The van der Waals surface area contributed by atoms with E-state index >= 15 is 0 Å². The summed E-state index contributed by atoms with van der Waals surface area (Å²) in [6, 6.07) is -0.293. The standard InChI is InChI=1S/C13H22N2O2S/c1-13(2)9-15(7-8-18-13)12(17)10-5-3-4-6-11(16)14-10/h10H,3-9H2,1-2H3,(H,14,16)/t10-/m0/s1. The van der Waals surface area contributed by atoms with Crippen LogP contribution in [0, 0.1) is 0 Å². The van der Waals surface area contributed by atoms with Crippen LogP contribution in [0.2, 0.25) is 0 Å². The second-order valence-corrected chi connectivity index (χ2v) is 7.54. The molecule has 2 saturated heterocycles. The molecular weight excluding hydrogens is 248 g/mol. The van der Waals surface area contributed by atoms with Crippen LogP contribution in [0.15, 0.2) is 0 Å². The summed E-state index contributed by atoms with van der Waals surface area (Å²) in [6.45, 7) is 5.92. The molecule has 1 N–H and O–H groups in total. The van der Waals surface area contributed by atoms with Gasteiger partial charge < -0.3 is 10.2 Å². The Labute approximate surface area is 113 Å². The van der Waals surface area contributed by atoms with Gasteiger partial charge in [-0.3, -0.25) is 9.59 Å². The summed E-state index contributed by atoms with van der Waals surface area (Å²) in [5, 5.41) is 2.87. The number of thioether (sulfide) groups is 1. The predicted octanol–water partition coefficient (Wildman–Crippen LogP) is 1.40. The molecule has 102 valence electrons. The summed E-state index contributed by atoms with van der Waals surface area (Å²) in [4.78, 5) is 25.9. The zero-order chi connectivity index (χ0) is 13.2. The van der Waals surface area contributed by atoms with Crippen molar-refractivity contribution in [1.29, 1.82) is 0 Å². The van der Waals surface area contributed by atoms with Crippen LogP contribution in [0.1, 0.15) is 39.5 Å². The Morgan fingerprint density at radius 2 is 2.22 bits per heavy atom. The molecule has 1 atom stereocenters. The van der Waals surface area contributed by atoms with E-state index in [2.05, 4.69) is 19.2 Å². The maximum atomic E-state index is 12.4. The highest BCUT2D eigenvalue weighted by atomic mass is 32.2. The number of hydrogen-bond donors (Lipinski definition) is 1. The Hall–Kier alpha value is -0.710. The molecule has 0 saturated carbocycles. The van der Waals surface area contributed by atoms with Crippen molar-refractivity contribution in [2.24, 2.45) is 0 Å². The van der Waals surface area contributed by atoms with Crippen LogP contribution in [0.3, 0.4) is 0 Å². The summed E-state index contributed by atoms with van der Waals surface area (Å²) in [5.74, 6) is 1.12. The van der Waals surface area contributed by atoms with E-state index in [0.717, 1.165) is 38.1 Å². The average Bonchev–Trinajstić information content (AvgIpc) is 2.51. The van der Waals surface area contributed by atoms with E-state index in [4.69, 9.17) is 0 Å². The van der Waals surface area contributed by atoms with Gasteiger partial charge in [0, 0.05) is 30.0 Å². The molecule has 2 aliphatic heterocycles. The number of carbonyl (C=O) groups excluding carboxylic acids is 2. The minimum absolute atomic E-state index is 0.0245. The Balaban J connectivity index is 1.99. The van der Waals surface area contributed by atoms with Crippen molar-refractivity contribution in [1.82, 2.24) is 10.2 Å². The van der Waals surface area contributed by atoms with E-state index in [-0.39, 0.29) is 22.6 Å². The van der Waals surface area contributed by atoms with Crippen molar-refractivity contribution in [2.45, 2.75) is 50.3 Å². The van der Waals surface area contributed by atoms with Gasteiger partial charge in [0.25, 0.3) is 0 Å². The molecule has 5 heteroatoms. The van der Waals surface area contributed by atoms with E-state index in [0.29, 0.717) is 6.42 Å². The van der Waals surface area contributed by atoms with Gasteiger partial charge in [-0.15, -0.1) is 0 Å². The molecule has 0 unspecified atom stereocenters. The third kappa shape index (κ3) is 3.40. The molecule has 18 heavy (non-hydrogen) atoms. The zero-order valence-electron chi connectivity index (χ0n) is 11.2. The van der Waals surface area contributed by atoms with Crippen molar-refractivity contribution < 1.29 is 9.59 Å². The van der Waals surface area contributed by atoms with E-state index in [1.54, 1.807) is 0 Å². The lowest BCUT2D eigenvalue weighted by atomic mass is 10.1. The lowest BCUT2D eigenvalue weighted by Crippen LogP contribution is -2.53. The van der Waals surface area contributed by atoms with Crippen molar-refractivity contribution in [3.63, 3.8) is 0 Å². The van der Waals surface area contributed by atoms with Crippen LogP contribution in [0.25, 0.3) is 0 Å². The predicted molar refractivity (Wildman–Crippen MR) is 73.5 cm³/mol. The highest BCUT2D eigenvalue weighted by molar-refractivity contribution is 8.00. The third-order valence-corrected chi connectivity index (χ3v) is 4.81. The van der Waals surface area contributed by atoms with Crippen LogP contribution < -0.4 is 5.32 Å². The Kier molecular flexibility index (Phi) is 4.20.